The monoisotopic (exact) mass is 269 g/mol. The molecule has 3 N–H and O–H groups in total. The number of aliphatic hydroxyl groups excluding tert-OH is 2. The molecule has 1 amide bonds. The zero-order valence-electron chi connectivity index (χ0n) is 10.6. The van der Waals surface area contributed by atoms with E-state index in [-0.39, 0.29) is 5.91 Å². The van der Waals surface area contributed by atoms with E-state index in [9.17, 15) is 15.0 Å². The summed E-state index contributed by atoms with van der Waals surface area (Å²) in [4.78, 5) is 11.8. The van der Waals surface area contributed by atoms with Gasteiger partial charge in [0, 0.05) is 18.4 Å². The third kappa shape index (κ3) is 4.68. The van der Waals surface area contributed by atoms with Crippen molar-refractivity contribution in [1.29, 1.82) is 0 Å². The number of carbonyl (C=O) groups is 1. The van der Waals surface area contributed by atoms with Crippen molar-refractivity contribution in [3.63, 3.8) is 0 Å². The van der Waals surface area contributed by atoms with Crippen molar-refractivity contribution in [1.82, 2.24) is 5.32 Å². The summed E-state index contributed by atoms with van der Waals surface area (Å²) in [6, 6.07) is 7.42. The molecule has 1 aromatic carbocycles. The molecule has 0 heterocycles. The molecule has 0 saturated heterocycles. The van der Waals surface area contributed by atoms with E-state index in [2.05, 4.69) is 5.32 Å². The van der Waals surface area contributed by atoms with Gasteiger partial charge in [0.1, 0.15) is 6.10 Å². The van der Waals surface area contributed by atoms with Gasteiger partial charge in [0.15, 0.2) is 0 Å². The van der Waals surface area contributed by atoms with Crippen LogP contribution in [0, 0.1) is 0 Å². The molecular weight excluding hydrogens is 250 g/mol. The first-order chi connectivity index (χ1) is 8.54. The molecule has 1 aromatic rings. The van der Waals surface area contributed by atoms with Gasteiger partial charge in [-0.1, -0.05) is 12.1 Å². The van der Waals surface area contributed by atoms with Gasteiger partial charge in [-0.25, -0.2) is 0 Å². The van der Waals surface area contributed by atoms with Crippen molar-refractivity contribution < 1.29 is 15.0 Å². The Hall–Kier alpha value is -1.04. The fourth-order valence-electron chi connectivity index (χ4n) is 1.58. The molecular formula is C13H19NO3S. The quantitative estimate of drug-likeness (QED) is 0.681. The zero-order valence-corrected chi connectivity index (χ0v) is 11.4. The predicted molar refractivity (Wildman–Crippen MR) is 72.5 cm³/mol. The van der Waals surface area contributed by atoms with Gasteiger partial charge in [0.25, 0.3) is 0 Å². The highest BCUT2D eigenvalue weighted by Crippen LogP contribution is 2.22. The minimum Gasteiger partial charge on any atom is -0.390 e. The Labute approximate surface area is 111 Å². The first-order valence-corrected chi connectivity index (χ1v) is 7.01. The van der Waals surface area contributed by atoms with Gasteiger partial charge >= 0.3 is 0 Å². The molecule has 0 aromatic heterocycles. The molecule has 1 rings (SSSR count). The van der Waals surface area contributed by atoms with Gasteiger partial charge in [0.2, 0.25) is 5.91 Å². The van der Waals surface area contributed by atoms with Crippen LogP contribution in [0.15, 0.2) is 29.2 Å². The Kier molecular flexibility index (Phi) is 6.18. The molecule has 0 radical (unpaired) electrons. The SMILES string of the molecule is CSc1ccc(C(O)C(O)CCNC(C)=O)cc1. The number of carbonyl (C=O) groups excluding carboxylic acids is 1. The summed E-state index contributed by atoms with van der Waals surface area (Å²) in [6.45, 7) is 1.78. The first kappa shape index (κ1) is 15.0. The Morgan fingerprint density at radius 1 is 1.33 bits per heavy atom. The van der Waals surface area contributed by atoms with E-state index >= 15 is 0 Å². The van der Waals surface area contributed by atoms with Gasteiger partial charge in [-0.15, -0.1) is 11.8 Å². The summed E-state index contributed by atoms with van der Waals surface area (Å²) >= 11 is 1.62. The lowest BCUT2D eigenvalue weighted by Crippen LogP contribution is -2.27. The van der Waals surface area contributed by atoms with E-state index in [1.807, 2.05) is 18.4 Å². The normalized spacial score (nSPS) is 14.0. The molecule has 0 aliphatic rings. The topological polar surface area (TPSA) is 69.6 Å². The van der Waals surface area contributed by atoms with E-state index in [0.29, 0.717) is 18.5 Å². The first-order valence-electron chi connectivity index (χ1n) is 5.79. The number of benzene rings is 1. The van der Waals surface area contributed by atoms with Gasteiger partial charge in [-0.2, -0.15) is 0 Å². The van der Waals surface area contributed by atoms with Crippen LogP contribution in [-0.2, 0) is 4.79 Å². The lowest BCUT2D eigenvalue weighted by molar-refractivity contribution is -0.119. The molecule has 5 heteroatoms. The van der Waals surface area contributed by atoms with Gasteiger partial charge in [-0.3, -0.25) is 4.79 Å². The molecule has 0 fully saturated rings. The number of hydrogen-bond acceptors (Lipinski definition) is 4. The molecule has 18 heavy (non-hydrogen) atoms. The summed E-state index contributed by atoms with van der Waals surface area (Å²) in [5, 5.41) is 22.3. The van der Waals surface area contributed by atoms with Crippen LogP contribution >= 0.6 is 11.8 Å². The Morgan fingerprint density at radius 2 is 1.94 bits per heavy atom. The third-order valence-electron chi connectivity index (χ3n) is 2.64. The number of nitrogens with one attached hydrogen (secondary N) is 1. The number of amides is 1. The van der Waals surface area contributed by atoms with Crippen molar-refractivity contribution >= 4 is 17.7 Å². The Morgan fingerprint density at radius 3 is 2.44 bits per heavy atom. The zero-order chi connectivity index (χ0) is 13.5. The van der Waals surface area contributed by atoms with Crippen LogP contribution in [0.5, 0.6) is 0 Å². The fraction of sp³-hybridized carbons (Fsp3) is 0.462. The number of rotatable bonds is 6. The maximum absolute atomic E-state index is 10.7. The van der Waals surface area contributed by atoms with Crippen LogP contribution in [0.25, 0.3) is 0 Å². The molecule has 0 aliphatic carbocycles. The van der Waals surface area contributed by atoms with Gasteiger partial charge in [-0.05, 0) is 30.4 Å². The maximum atomic E-state index is 10.7. The van der Waals surface area contributed by atoms with Crippen LogP contribution < -0.4 is 5.32 Å². The van der Waals surface area contributed by atoms with Crippen molar-refractivity contribution in [2.45, 2.75) is 30.4 Å². The van der Waals surface area contributed by atoms with Crippen LogP contribution in [-0.4, -0.2) is 35.0 Å². The number of aliphatic hydroxyl groups is 2. The molecule has 4 nitrogen and oxygen atoms in total. The minimum atomic E-state index is -0.922. The summed E-state index contributed by atoms with van der Waals surface area (Å²) in [5.41, 5.74) is 0.683. The highest BCUT2D eigenvalue weighted by molar-refractivity contribution is 7.98. The number of thioether (sulfide) groups is 1. The summed E-state index contributed by atoms with van der Waals surface area (Å²) in [7, 11) is 0. The van der Waals surface area contributed by atoms with E-state index in [1.54, 1.807) is 23.9 Å². The van der Waals surface area contributed by atoms with Crippen LogP contribution in [0.4, 0.5) is 0 Å². The van der Waals surface area contributed by atoms with E-state index in [4.69, 9.17) is 0 Å². The van der Waals surface area contributed by atoms with Crippen LogP contribution in [0.3, 0.4) is 0 Å². The molecule has 0 spiro atoms. The van der Waals surface area contributed by atoms with Crippen LogP contribution in [0.1, 0.15) is 25.0 Å². The molecule has 100 valence electrons. The average Bonchev–Trinajstić information content (AvgIpc) is 2.37. The second-order valence-electron chi connectivity index (χ2n) is 4.06. The summed E-state index contributed by atoms with van der Waals surface area (Å²) in [5.74, 6) is -0.138. The second-order valence-corrected chi connectivity index (χ2v) is 4.94. The lowest BCUT2D eigenvalue weighted by Gasteiger charge is -2.18. The Balaban J connectivity index is 2.51. The predicted octanol–water partition coefficient (Wildman–Crippen LogP) is 1.33. The maximum Gasteiger partial charge on any atom is 0.216 e. The largest absolute Gasteiger partial charge is 0.390 e. The van der Waals surface area contributed by atoms with E-state index in [1.165, 1.54) is 6.92 Å². The Bertz CT molecular complexity index is 380. The smallest absolute Gasteiger partial charge is 0.216 e. The lowest BCUT2D eigenvalue weighted by atomic mass is 10.0. The van der Waals surface area contributed by atoms with Crippen LogP contribution in [0.2, 0.25) is 0 Å². The average molecular weight is 269 g/mol. The molecule has 0 saturated carbocycles. The van der Waals surface area contributed by atoms with Crippen molar-refractivity contribution in [2.24, 2.45) is 0 Å². The van der Waals surface area contributed by atoms with Gasteiger partial charge < -0.3 is 15.5 Å². The minimum absolute atomic E-state index is 0.138. The molecule has 2 unspecified atom stereocenters. The molecule has 2 atom stereocenters. The third-order valence-corrected chi connectivity index (χ3v) is 3.38. The second kappa shape index (κ2) is 7.41. The van der Waals surface area contributed by atoms with E-state index < -0.39 is 12.2 Å². The highest BCUT2D eigenvalue weighted by Gasteiger charge is 2.17. The van der Waals surface area contributed by atoms with E-state index in [0.717, 1.165) is 4.90 Å². The fourth-order valence-corrected chi connectivity index (χ4v) is 1.99. The van der Waals surface area contributed by atoms with Crippen molar-refractivity contribution in [2.75, 3.05) is 12.8 Å². The van der Waals surface area contributed by atoms with Crippen molar-refractivity contribution in [3.05, 3.63) is 29.8 Å². The number of hydrogen-bond donors (Lipinski definition) is 3. The molecule has 0 aliphatic heterocycles. The van der Waals surface area contributed by atoms with Gasteiger partial charge in [0.05, 0.1) is 6.10 Å². The van der Waals surface area contributed by atoms with Crippen molar-refractivity contribution in [3.8, 4) is 0 Å². The highest BCUT2D eigenvalue weighted by atomic mass is 32.2. The standard InChI is InChI=1S/C13H19NO3S/c1-9(15)14-8-7-12(16)13(17)10-3-5-11(18-2)6-4-10/h3-6,12-13,16-17H,7-8H2,1-2H3,(H,14,15). The summed E-state index contributed by atoms with van der Waals surface area (Å²) in [6.07, 6.45) is 0.505. The summed E-state index contributed by atoms with van der Waals surface area (Å²) < 4.78 is 0. The molecule has 0 bridgehead atoms.